The zero-order valence-corrected chi connectivity index (χ0v) is 17.3. The van der Waals surface area contributed by atoms with Gasteiger partial charge in [-0.05, 0) is 70.7 Å². The number of anilines is 1. The first kappa shape index (κ1) is 21.0. The molecule has 6 nitrogen and oxygen atoms in total. The molecule has 1 N–H and O–H groups in total. The zero-order valence-electron chi connectivity index (χ0n) is 15.7. The van der Waals surface area contributed by atoms with Crippen molar-refractivity contribution in [2.75, 3.05) is 19.0 Å². The number of benzene rings is 2. The average molecular weight is 440 g/mol. The number of aryl methyl sites for hydroxylation is 2. The first-order chi connectivity index (χ1) is 13.4. The molecule has 0 radical (unpaired) electrons. The number of rotatable bonds is 6. The van der Waals surface area contributed by atoms with E-state index in [0.717, 1.165) is 11.1 Å². The molecule has 0 saturated heterocycles. The number of hydrogen-bond donors (Lipinski definition) is 1. The maximum Gasteiger partial charge on any atom is 0.266 e. The Balaban J connectivity index is 2.34. The Kier molecular flexibility index (Phi) is 7.20. The fourth-order valence-corrected chi connectivity index (χ4v) is 3.02. The highest BCUT2D eigenvalue weighted by molar-refractivity contribution is 9.10. The zero-order chi connectivity index (χ0) is 20.7. The third-order valence-corrected chi connectivity index (χ3v) is 4.44. The lowest BCUT2D eigenvalue weighted by atomic mass is 10.1. The van der Waals surface area contributed by atoms with Crippen molar-refractivity contribution in [3.8, 4) is 23.6 Å². The molecule has 0 aliphatic rings. The molecule has 28 heavy (non-hydrogen) atoms. The van der Waals surface area contributed by atoms with Crippen LogP contribution in [-0.4, -0.2) is 19.6 Å². The number of carbonyl (C=O) groups is 1. The van der Waals surface area contributed by atoms with E-state index in [-0.39, 0.29) is 12.2 Å². The second-order valence-electron chi connectivity index (χ2n) is 5.92. The van der Waals surface area contributed by atoms with Crippen LogP contribution in [-0.2, 0) is 4.79 Å². The molecule has 0 spiro atoms. The van der Waals surface area contributed by atoms with Crippen LogP contribution in [0, 0.1) is 36.5 Å². The Bertz CT molecular complexity index is 1020. The highest BCUT2D eigenvalue weighted by Crippen LogP contribution is 2.37. The van der Waals surface area contributed by atoms with E-state index in [0.29, 0.717) is 27.2 Å². The number of ether oxygens (including phenoxy) is 2. The topological polar surface area (TPSA) is 95.1 Å². The summed E-state index contributed by atoms with van der Waals surface area (Å²) < 4.78 is 11.2. The molecule has 0 unspecified atom stereocenters. The van der Waals surface area contributed by atoms with Gasteiger partial charge in [0.15, 0.2) is 18.1 Å². The molecule has 142 valence electrons. The van der Waals surface area contributed by atoms with Gasteiger partial charge in [0.05, 0.1) is 11.6 Å². The van der Waals surface area contributed by atoms with Crippen LogP contribution in [0.4, 0.5) is 5.69 Å². The number of methoxy groups -OCH3 is 1. The molecule has 0 aromatic heterocycles. The summed E-state index contributed by atoms with van der Waals surface area (Å²) in [5.41, 5.74) is 3.08. The minimum Gasteiger partial charge on any atom is -0.493 e. The van der Waals surface area contributed by atoms with Crippen LogP contribution in [0.25, 0.3) is 6.08 Å². The molecule has 0 fully saturated rings. The fraction of sp³-hybridized carbons (Fsp3) is 0.190. The second kappa shape index (κ2) is 9.59. The Morgan fingerprint density at radius 2 is 2.00 bits per heavy atom. The van der Waals surface area contributed by atoms with Gasteiger partial charge in [-0.3, -0.25) is 4.79 Å². The lowest BCUT2D eigenvalue weighted by Crippen LogP contribution is -2.14. The molecular formula is C21H18BrN3O3. The number of hydrogen-bond acceptors (Lipinski definition) is 5. The van der Waals surface area contributed by atoms with Gasteiger partial charge in [-0.15, -0.1) is 0 Å². The lowest BCUT2D eigenvalue weighted by Gasteiger charge is -2.12. The van der Waals surface area contributed by atoms with E-state index < -0.39 is 5.91 Å². The summed E-state index contributed by atoms with van der Waals surface area (Å²) >= 11 is 3.36. The molecule has 0 aliphatic carbocycles. The number of carbonyl (C=O) groups excluding carboxylic acids is 1. The quantitative estimate of drug-likeness (QED) is 0.526. The summed E-state index contributed by atoms with van der Waals surface area (Å²) in [6.07, 6.45) is 1.46. The predicted octanol–water partition coefficient (Wildman–Crippen LogP) is 4.52. The van der Waals surface area contributed by atoms with Crippen molar-refractivity contribution in [2.45, 2.75) is 13.8 Å². The molecule has 2 aromatic carbocycles. The first-order valence-corrected chi connectivity index (χ1v) is 9.06. The van der Waals surface area contributed by atoms with Crippen LogP contribution in [0.2, 0.25) is 0 Å². The third-order valence-electron chi connectivity index (χ3n) is 3.85. The highest BCUT2D eigenvalue weighted by Gasteiger charge is 2.14. The third kappa shape index (κ3) is 5.12. The van der Waals surface area contributed by atoms with Gasteiger partial charge >= 0.3 is 0 Å². The Morgan fingerprint density at radius 3 is 2.64 bits per heavy atom. The van der Waals surface area contributed by atoms with E-state index >= 15 is 0 Å². The second-order valence-corrected chi connectivity index (χ2v) is 6.78. The number of halogens is 1. The van der Waals surface area contributed by atoms with Crippen LogP contribution < -0.4 is 14.8 Å². The van der Waals surface area contributed by atoms with Crippen molar-refractivity contribution >= 4 is 33.6 Å². The molecule has 0 atom stereocenters. The van der Waals surface area contributed by atoms with Crippen LogP contribution in [0.15, 0.2) is 40.4 Å². The van der Waals surface area contributed by atoms with E-state index in [1.807, 2.05) is 44.2 Å². The van der Waals surface area contributed by atoms with E-state index in [1.54, 1.807) is 12.1 Å². The van der Waals surface area contributed by atoms with Crippen LogP contribution in [0.3, 0.4) is 0 Å². The Morgan fingerprint density at radius 1 is 1.25 bits per heavy atom. The van der Waals surface area contributed by atoms with Crippen molar-refractivity contribution in [3.63, 3.8) is 0 Å². The molecular weight excluding hydrogens is 422 g/mol. The fourth-order valence-electron chi connectivity index (χ4n) is 2.44. The van der Waals surface area contributed by atoms with Gasteiger partial charge in [0.2, 0.25) is 0 Å². The van der Waals surface area contributed by atoms with E-state index in [1.165, 1.54) is 13.2 Å². The SMILES string of the molecule is COc1cc(/C=C(\C#N)C(=O)Nc2cc(C)ccc2C)cc(Br)c1OCC#N. The highest BCUT2D eigenvalue weighted by atomic mass is 79.9. The number of nitrogens with zero attached hydrogens (tertiary/aromatic N) is 2. The summed E-state index contributed by atoms with van der Waals surface area (Å²) in [5.74, 6) is 0.249. The van der Waals surface area contributed by atoms with Crippen molar-refractivity contribution < 1.29 is 14.3 Å². The normalized spacial score (nSPS) is 10.6. The average Bonchev–Trinajstić information content (AvgIpc) is 2.67. The summed E-state index contributed by atoms with van der Waals surface area (Å²) in [4.78, 5) is 12.6. The maximum absolute atomic E-state index is 12.6. The maximum atomic E-state index is 12.6. The monoisotopic (exact) mass is 439 g/mol. The van der Waals surface area contributed by atoms with Crippen LogP contribution >= 0.6 is 15.9 Å². The van der Waals surface area contributed by atoms with Gasteiger partial charge in [0, 0.05) is 5.69 Å². The summed E-state index contributed by atoms with van der Waals surface area (Å²) in [7, 11) is 1.47. The van der Waals surface area contributed by atoms with E-state index in [4.69, 9.17) is 14.7 Å². The summed E-state index contributed by atoms with van der Waals surface area (Å²) in [6, 6.07) is 12.8. The predicted molar refractivity (Wildman–Crippen MR) is 110 cm³/mol. The Labute approximate surface area is 172 Å². The number of nitriles is 2. The largest absolute Gasteiger partial charge is 0.493 e. The minimum atomic E-state index is -0.504. The van der Waals surface area contributed by atoms with E-state index in [2.05, 4.69) is 21.2 Å². The van der Waals surface area contributed by atoms with Crippen molar-refractivity contribution in [3.05, 3.63) is 57.1 Å². The molecule has 1 amide bonds. The van der Waals surface area contributed by atoms with Crippen molar-refractivity contribution in [1.82, 2.24) is 0 Å². The standard InChI is InChI=1S/C21H18BrN3O3/c1-13-4-5-14(2)18(8-13)25-21(26)16(12-24)9-15-10-17(22)20(28-7-6-23)19(11-15)27-3/h4-5,8-11H,7H2,1-3H3,(H,25,26)/b16-9+. The summed E-state index contributed by atoms with van der Waals surface area (Å²) in [5, 5.41) is 20.9. The van der Waals surface area contributed by atoms with Gasteiger partial charge in [0.1, 0.15) is 17.7 Å². The van der Waals surface area contributed by atoms with Gasteiger partial charge in [-0.2, -0.15) is 10.5 Å². The molecule has 2 rings (SSSR count). The molecule has 2 aromatic rings. The van der Waals surface area contributed by atoms with Crippen LogP contribution in [0.1, 0.15) is 16.7 Å². The Hall–Kier alpha value is -3.29. The van der Waals surface area contributed by atoms with Gasteiger partial charge in [-0.1, -0.05) is 12.1 Å². The smallest absolute Gasteiger partial charge is 0.266 e. The number of amides is 1. The van der Waals surface area contributed by atoms with Crippen molar-refractivity contribution in [1.29, 1.82) is 10.5 Å². The molecule has 0 heterocycles. The molecule has 0 aliphatic heterocycles. The van der Waals surface area contributed by atoms with Gasteiger partial charge in [0.25, 0.3) is 5.91 Å². The number of nitrogens with one attached hydrogen (secondary N) is 1. The molecule has 7 heteroatoms. The van der Waals surface area contributed by atoms with Crippen LogP contribution in [0.5, 0.6) is 11.5 Å². The van der Waals surface area contributed by atoms with Gasteiger partial charge < -0.3 is 14.8 Å². The lowest BCUT2D eigenvalue weighted by molar-refractivity contribution is -0.112. The van der Waals surface area contributed by atoms with E-state index in [9.17, 15) is 10.1 Å². The van der Waals surface area contributed by atoms with Crippen molar-refractivity contribution in [2.24, 2.45) is 0 Å². The van der Waals surface area contributed by atoms with Gasteiger partial charge in [-0.25, -0.2) is 0 Å². The minimum absolute atomic E-state index is 0.0550. The molecule has 0 saturated carbocycles. The first-order valence-electron chi connectivity index (χ1n) is 8.27. The summed E-state index contributed by atoms with van der Waals surface area (Å²) in [6.45, 7) is 3.68. The molecule has 0 bridgehead atoms.